The molecule has 84 valence electrons. The summed E-state index contributed by atoms with van der Waals surface area (Å²) in [6.07, 6.45) is 1.79. The highest BCUT2D eigenvalue weighted by Gasteiger charge is 2.25. The van der Waals surface area contributed by atoms with E-state index in [-0.39, 0.29) is 11.9 Å². The Bertz CT molecular complexity index is 263. The number of hydrogen-bond acceptors (Lipinski definition) is 3. The third-order valence-electron chi connectivity index (χ3n) is 2.57. The Hall–Kier alpha value is -0.130. The maximum atomic E-state index is 11.3. The zero-order valence-electron chi connectivity index (χ0n) is 8.82. The van der Waals surface area contributed by atoms with Crippen LogP contribution >= 0.6 is 0 Å². The Balaban J connectivity index is 2.32. The van der Waals surface area contributed by atoms with Crippen molar-refractivity contribution in [3.8, 4) is 0 Å². The summed E-state index contributed by atoms with van der Waals surface area (Å²) < 4.78 is 30.7. The summed E-state index contributed by atoms with van der Waals surface area (Å²) in [5, 5.41) is 0. The molecule has 1 saturated heterocycles. The molecule has 1 fully saturated rings. The van der Waals surface area contributed by atoms with E-state index in [1.54, 1.807) is 0 Å². The number of ether oxygens (including phenoxy) is 1. The topological polar surface area (TPSA) is 55.4 Å². The molecular weight excluding hydrogens is 202 g/mol. The van der Waals surface area contributed by atoms with Crippen LogP contribution in [0.15, 0.2) is 0 Å². The molecule has 4 nitrogen and oxygen atoms in total. The Labute approximate surface area is 86.1 Å². The van der Waals surface area contributed by atoms with Gasteiger partial charge >= 0.3 is 0 Å². The number of nitrogens with one attached hydrogen (secondary N) is 1. The van der Waals surface area contributed by atoms with Gasteiger partial charge in [-0.3, -0.25) is 0 Å². The van der Waals surface area contributed by atoms with E-state index in [1.165, 1.54) is 0 Å². The zero-order chi connectivity index (χ0) is 10.6. The molecule has 1 rings (SSSR count). The zero-order valence-corrected chi connectivity index (χ0v) is 9.64. The summed E-state index contributed by atoms with van der Waals surface area (Å²) in [6, 6.07) is 0. The van der Waals surface area contributed by atoms with E-state index < -0.39 is 10.0 Å². The highest BCUT2D eigenvalue weighted by atomic mass is 32.2. The molecule has 1 heterocycles. The summed E-state index contributed by atoms with van der Waals surface area (Å²) in [5.74, 6) is 0.552. The lowest BCUT2D eigenvalue weighted by atomic mass is 10.0. The minimum atomic E-state index is -3.05. The molecular formula is C9H19NO3S. The van der Waals surface area contributed by atoms with Crippen LogP contribution in [0, 0.1) is 5.92 Å². The van der Waals surface area contributed by atoms with Gasteiger partial charge in [0.15, 0.2) is 0 Å². The average Bonchev–Trinajstić information content (AvgIpc) is 2.48. The van der Waals surface area contributed by atoms with Crippen LogP contribution < -0.4 is 4.72 Å². The molecule has 14 heavy (non-hydrogen) atoms. The maximum Gasteiger partial charge on any atom is 0.211 e. The molecule has 0 spiro atoms. The third-order valence-corrected chi connectivity index (χ3v) is 4.12. The van der Waals surface area contributed by atoms with Crippen molar-refractivity contribution in [2.45, 2.75) is 32.8 Å². The van der Waals surface area contributed by atoms with E-state index in [0.29, 0.717) is 18.9 Å². The van der Waals surface area contributed by atoms with Gasteiger partial charge in [0.2, 0.25) is 10.0 Å². The second-order valence-corrected chi connectivity index (χ2v) is 5.72. The first-order chi connectivity index (χ1) is 6.55. The van der Waals surface area contributed by atoms with Gasteiger partial charge in [0.05, 0.1) is 11.9 Å². The van der Waals surface area contributed by atoms with Crippen LogP contribution in [-0.4, -0.2) is 33.4 Å². The van der Waals surface area contributed by atoms with Crippen LogP contribution in [0.25, 0.3) is 0 Å². The predicted octanol–water partition coefficient (Wildman–Crippen LogP) is 0.741. The minimum absolute atomic E-state index is 0.180. The smallest absolute Gasteiger partial charge is 0.211 e. The summed E-state index contributed by atoms with van der Waals surface area (Å²) in [7, 11) is -3.05. The monoisotopic (exact) mass is 221 g/mol. The maximum absolute atomic E-state index is 11.3. The first kappa shape index (κ1) is 11.9. The van der Waals surface area contributed by atoms with Gasteiger partial charge in [-0.25, -0.2) is 13.1 Å². The largest absolute Gasteiger partial charge is 0.378 e. The van der Waals surface area contributed by atoms with Crippen molar-refractivity contribution < 1.29 is 13.2 Å². The van der Waals surface area contributed by atoms with Gasteiger partial charge in [-0.1, -0.05) is 6.92 Å². The van der Waals surface area contributed by atoms with Gasteiger partial charge in [-0.2, -0.15) is 0 Å². The van der Waals surface area contributed by atoms with Crippen LogP contribution in [0.5, 0.6) is 0 Å². The molecule has 1 aliphatic rings. The molecule has 0 aliphatic carbocycles. The van der Waals surface area contributed by atoms with E-state index in [4.69, 9.17) is 4.74 Å². The van der Waals surface area contributed by atoms with E-state index in [2.05, 4.69) is 4.72 Å². The van der Waals surface area contributed by atoms with Gasteiger partial charge in [-0.15, -0.1) is 0 Å². The Morgan fingerprint density at radius 1 is 1.50 bits per heavy atom. The fourth-order valence-corrected chi connectivity index (χ4v) is 2.77. The van der Waals surface area contributed by atoms with Crippen LogP contribution in [-0.2, 0) is 14.8 Å². The summed E-state index contributed by atoms with van der Waals surface area (Å²) in [4.78, 5) is 0. The average molecular weight is 221 g/mol. The highest BCUT2D eigenvalue weighted by Crippen LogP contribution is 2.19. The van der Waals surface area contributed by atoms with Gasteiger partial charge in [-0.05, 0) is 19.8 Å². The second kappa shape index (κ2) is 5.09. The van der Waals surface area contributed by atoms with E-state index in [1.807, 2.05) is 13.8 Å². The Kier molecular flexibility index (Phi) is 4.34. The predicted molar refractivity (Wildman–Crippen MR) is 55.6 cm³/mol. The van der Waals surface area contributed by atoms with E-state index in [0.717, 1.165) is 13.0 Å². The molecule has 2 atom stereocenters. The normalized spacial score (nSPS) is 28.1. The molecule has 0 aromatic heterocycles. The van der Waals surface area contributed by atoms with Crippen molar-refractivity contribution in [3.63, 3.8) is 0 Å². The molecule has 1 aliphatic heterocycles. The lowest BCUT2D eigenvalue weighted by molar-refractivity contribution is 0.107. The van der Waals surface area contributed by atoms with Crippen LogP contribution in [0.3, 0.4) is 0 Å². The first-order valence-electron chi connectivity index (χ1n) is 5.14. The fraction of sp³-hybridized carbons (Fsp3) is 1.00. The lowest BCUT2D eigenvalue weighted by Crippen LogP contribution is -2.33. The SMILES string of the molecule is CCCS(=O)(=O)NCC1CCOC1C. The van der Waals surface area contributed by atoms with Gasteiger partial charge in [0.25, 0.3) is 0 Å². The van der Waals surface area contributed by atoms with Gasteiger partial charge in [0.1, 0.15) is 0 Å². The van der Waals surface area contributed by atoms with E-state index >= 15 is 0 Å². The molecule has 0 aromatic rings. The highest BCUT2D eigenvalue weighted by molar-refractivity contribution is 7.89. The quantitative estimate of drug-likeness (QED) is 0.745. The van der Waals surface area contributed by atoms with Crippen LogP contribution in [0.1, 0.15) is 26.7 Å². The van der Waals surface area contributed by atoms with Gasteiger partial charge < -0.3 is 4.74 Å². The molecule has 0 radical (unpaired) electrons. The summed E-state index contributed by atoms with van der Waals surface area (Å²) >= 11 is 0. The van der Waals surface area contributed by atoms with Crippen molar-refractivity contribution in [2.24, 2.45) is 5.92 Å². The van der Waals surface area contributed by atoms with Crippen molar-refractivity contribution in [1.82, 2.24) is 4.72 Å². The summed E-state index contributed by atoms with van der Waals surface area (Å²) in [6.45, 7) is 5.12. The molecule has 2 unspecified atom stereocenters. The lowest BCUT2D eigenvalue weighted by Gasteiger charge is -2.14. The molecule has 5 heteroatoms. The Morgan fingerprint density at radius 2 is 2.21 bits per heavy atom. The van der Waals surface area contributed by atoms with Crippen LogP contribution in [0.4, 0.5) is 0 Å². The van der Waals surface area contributed by atoms with E-state index in [9.17, 15) is 8.42 Å². The first-order valence-corrected chi connectivity index (χ1v) is 6.79. The number of rotatable bonds is 5. The fourth-order valence-electron chi connectivity index (χ4n) is 1.62. The van der Waals surface area contributed by atoms with Gasteiger partial charge in [0, 0.05) is 19.1 Å². The van der Waals surface area contributed by atoms with Crippen molar-refractivity contribution in [2.75, 3.05) is 18.9 Å². The van der Waals surface area contributed by atoms with Crippen LogP contribution in [0.2, 0.25) is 0 Å². The number of hydrogen-bond donors (Lipinski definition) is 1. The molecule has 1 N–H and O–H groups in total. The molecule has 0 aromatic carbocycles. The Morgan fingerprint density at radius 3 is 2.71 bits per heavy atom. The number of sulfonamides is 1. The standard InChI is InChI=1S/C9H19NO3S/c1-3-6-14(11,12)10-7-9-4-5-13-8(9)2/h8-10H,3-7H2,1-2H3. The molecule has 0 amide bonds. The van der Waals surface area contributed by atoms with Crippen molar-refractivity contribution >= 4 is 10.0 Å². The summed E-state index contributed by atoms with van der Waals surface area (Å²) in [5.41, 5.74) is 0. The third kappa shape index (κ3) is 3.55. The molecule has 0 saturated carbocycles. The molecule has 0 bridgehead atoms. The second-order valence-electron chi connectivity index (χ2n) is 3.79. The minimum Gasteiger partial charge on any atom is -0.378 e. The van der Waals surface area contributed by atoms with Crippen molar-refractivity contribution in [3.05, 3.63) is 0 Å². The van der Waals surface area contributed by atoms with Crippen molar-refractivity contribution in [1.29, 1.82) is 0 Å².